The Morgan fingerprint density at radius 1 is 0.577 bits per heavy atom. The minimum atomic E-state index is -4.43. The monoisotopic (exact) mass is 1020 g/mol. The summed E-state index contributed by atoms with van der Waals surface area (Å²) < 4.78 is 34.6. The quantitative estimate of drug-likeness (QED) is 0.0266. The number of esters is 2. The molecule has 0 spiro atoms. The minimum absolute atomic E-state index is 0.00424. The van der Waals surface area contributed by atoms with Crippen LogP contribution in [0.2, 0.25) is 0 Å². The SMILES string of the molecule is CCCCCCCCCCCCCCCCCC(=O)OC[C@@H](COP(=O)(O)OCCNCCC(C)CCCC(C)CCC1=C(C)CCCC1(C)C)OC(=O)CCCCCCCCCCCCCCCCC. The van der Waals surface area contributed by atoms with Crippen molar-refractivity contribution in [2.75, 3.05) is 32.9 Å². The summed E-state index contributed by atoms with van der Waals surface area (Å²) in [6.45, 7) is 17.1. The number of phosphoric ester groups is 1. The van der Waals surface area contributed by atoms with E-state index >= 15 is 0 Å². The lowest BCUT2D eigenvalue weighted by Crippen LogP contribution is -2.29. The second-order valence-corrected chi connectivity index (χ2v) is 24.5. The average Bonchev–Trinajstić information content (AvgIpc) is 3.33. The average molecular weight is 1020 g/mol. The van der Waals surface area contributed by atoms with Crippen molar-refractivity contribution in [3.05, 3.63) is 11.1 Å². The van der Waals surface area contributed by atoms with Crippen LogP contribution in [0, 0.1) is 17.3 Å². The summed E-state index contributed by atoms with van der Waals surface area (Å²) >= 11 is 0. The number of unbranched alkanes of at least 4 members (excludes halogenated alkanes) is 28. The third-order valence-electron chi connectivity index (χ3n) is 15.4. The summed E-state index contributed by atoms with van der Waals surface area (Å²) in [5, 5.41) is 3.34. The second-order valence-electron chi connectivity index (χ2n) is 23.0. The van der Waals surface area contributed by atoms with Gasteiger partial charge in [-0.3, -0.25) is 18.6 Å². The Bertz CT molecular complexity index is 1340. The first-order valence-electron chi connectivity index (χ1n) is 30.7. The van der Waals surface area contributed by atoms with Gasteiger partial charge in [0.05, 0.1) is 13.2 Å². The van der Waals surface area contributed by atoms with Gasteiger partial charge in [0.2, 0.25) is 0 Å². The van der Waals surface area contributed by atoms with Crippen molar-refractivity contribution in [3.8, 4) is 0 Å². The van der Waals surface area contributed by atoms with E-state index in [1.165, 1.54) is 205 Å². The van der Waals surface area contributed by atoms with Gasteiger partial charge in [0.15, 0.2) is 6.10 Å². The van der Waals surface area contributed by atoms with E-state index in [9.17, 15) is 19.0 Å². The van der Waals surface area contributed by atoms with Crippen LogP contribution in [-0.2, 0) is 32.7 Å². The van der Waals surface area contributed by atoms with E-state index in [1.54, 1.807) is 11.1 Å². The summed E-state index contributed by atoms with van der Waals surface area (Å²) in [4.78, 5) is 36.1. The molecule has 3 unspecified atom stereocenters. The molecule has 4 atom stereocenters. The Morgan fingerprint density at radius 3 is 1.48 bits per heavy atom. The van der Waals surface area contributed by atoms with Crippen molar-refractivity contribution in [2.24, 2.45) is 17.3 Å². The van der Waals surface area contributed by atoms with Crippen LogP contribution in [0.15, 0.2) is 11.1 Å². The van der Waals surface area contributed by atoms with E-state index < -0.39 is 26.5 Å². The van der Waals surface area contributed by atoms with E-state index in [2.05, 4.69) is 53.8 Å². The molecule has 10 heteroatoms. The number of phosphoric acid groups is 1. The van der Waals surface area contributed by atoms with Crippen molar-refractivity contribution < 1.29 is 37.6 Å². The fourth-order valence-corrected chi connectivity index (χ4v) is 11.3. The molecule has 0 aromatic rings. The Hall–Kier alpha value is -1.25. The number of hydrogen-bond donors (Lipinski definition) is 2. The lowest BCUT2D eigenvalue weighted by atomic mass is 9.70. The number of carbonyl (C=O) groups is 2. The maximum absolute atomic E-state index is 12.9. The predicted molar refractivity (Wildman–Crippen MR) is 301 cm³/mol. The lowest BCUT2D eigenvalue weighted by molar-refractivity contribution is -0.161. The molecular weight excluding hydrogens is 906 g/mol. The molecule has 0 amide bonds. The molecule has 9 nitrogen and oxygen atoms in total. The van der Waals surface area contributed by atoms with E-state index in [-0.39, 0.29) is 25.6 Å². The molecule has 0 fully saturated rings. The van der Waals surface area contributed by atoms with Gasteiger partial charge < -0.3 is 19.7 Å². The summed E-state index contributed by atoms with van der Waals surface area (Å²) in [5.41, 5.74) is 3.71. The second kappa shape index (κ2) is 46.1. The normalized spacial score (nSPS) is 15.9. The Labute approximate surface area is 440 Å². The predicted octanol–water partition coefficient (Wildman–Crippen LogP) is 18.8. The van der Waals surface area contributed by atoms with E-state index in [1.807, 2.05) is 0 Å². The van der Waals surface area contributed by atoms with Crippen LogP contribution in [0.1, 0.15) is 312 Å². The van der Waals surface area contributed by atoms with Crippen molar-refractivity contribution in [1.82, 2.24) is 5.32 Å². The third kappa shape index (κ3) is 41.7. The fourth-order valence-electron chi connectivity index (χ4n) is 10.5. The topological polar surface area (TPSA) is 120 Å². The van der Waals surface area contributed by atoms with Gasteiger partial charge >= 0.3 is 19.8 Å². The largest absolute Gasteiger partial charge is 0.472 e. The van der Waals surface area contributed by atoms with Gasteiger partial charge in [0.25, 0.3) is 0 Å². The maximum Gasteiger partial charge on any atom is 0.472 e. The van der Waals surface area contributed by atoms with Gasteiger partial charge in [-0.1, -0.05) is 252 Å². The maximum atomic E-state index is 12.9. The molecule has 0 saturated carbocycles. The van der Waals surface area contributed by atoms with E-state index in [0.29, 0.717) is 30.7 Å². The van der Waals surface area contributed by atoms with Gasteiger partial charge in [-0.05, 0) is 82.1 Å². The first-order chi connectivity index (χ1) is 34.3. The van der Waals surface area contributed by atoms with E-state index in [4.69, 9.17) is 18.5 Å². The van der Waals surface area contributed by atoms with Crippen LogP contribution in [0.25, 0.3) is 0 Å². The Kier molecular flexibility index (Phi) is 44.0. The summed E-state index contributed by atoms with van der Waals surface area (Å²) in [7, 11) is -4.43. The molecule has 2 N–H and O–H groups in total. The summed E-state index contributed by atoms with van der Waals surface area (Å²) in [5.74, 6) is 0.562. The molecule has 1 aliphatic carbocycles. The Balaban J connectivity index is 2.37. The molecule has 0 bridgehead atoms. The smallest absolute Gasteiger partial charge is 0.462 e. The Morgan fingerprint density at radius 2 is 1.01 bits per heavy atom. The zero-order valence-corrected chi connectivity index (χ0v) is 48.9. The van der Waals surface area contributed by atoms with Crippen LogP contribution < -0.4 is 5.32 Å². The highest BCUT2D eigenvalue weighted by molar-refractivity contribution is 7.47. The molecule has 1 rings (SSSR count). The van der Waals surface area contributed by atoms with E-state index in [0.717, 1.165) is 51.0 Å². The van der Waals surface area contributed by atoms with Crippen LogP contribution in [-0.4, -0.2) is 55.8 Å². The number of rotatable bonds is 52. The van der Waals surface area contributed by atoms with Crippen LogP contribution in [0.3, 0.4) is 0 Å². The standard InChI is InChI=1S/C61H118NO8P/c1-8-10-12-14-16-18-20-22-24-26-28-30-32-34-36-43-59(63)67-52-57(70-60(64)44-37-35-33-31-29-27-25-23-21-19-17-15-13-11-9-2)53-69-71(65,66)68-51-50-62-49-47-55(4)41-38-40-54(3)45-46-58-56(5)42-39-48-61(58,6)7/h54-55,57,62H,8-53H2,1-7H3,(H,65,66)/t54?,55?,57-/m0/s1. The number of nitrogens with one attached hydrogen (secondary N) is 1. The highest BCUT2D eigenvalue weighted by atomic mass is 31.2. The minimum Gasteiger partial charge on any atom is -0.462 e. The van der Waals surface area contributed by atoms with Gasteiger partial charge in [-0.25, -0.2) is 4.57 Å². The summed E-state index contributed by atoms with van der Waals surface area (Å²) in [6, 6.07) is 0. The molecule has 0 aliphatic heterocycles. The van der Waals surface area contributed by atoms with Crippen molar-refractivity contribution >= 4 is 19.8 Å². The van der Waals surface area contributed by atoms with Crippen molar-refractivity contribution in [1.29, 1.82) is 0 Å². The van der Waals surface area contributed by atoms with Crippen molar-refractivity contribution in [2.45, 2.75) is 318 Å². The molecule has 0 heterocycles. The molecule has 0 aromatic carbocycles. The van der Waals surface area contributed by atoms with Gasteiger partial charge in [0, 0.05) is 19.4 Å². The van der Waals surface area contributed by atoms with Crippen LogP contribution in [0.5, 0.6) is 0 Å². The number of carbonyl (C=O) groups excluding carboxylic acids is 2. The van der Waals surface area contributed by atoms with Crippen molar-refractivity contribution in [3.63, 3.8) is 0 Å². The summed E-state index contributed by atoms with van der Waals surface area (Å²) in [6.07, 6.45) is 48.2. The lowest BCUT2D eigenvalue weighted by Gasteiger charge is -2.35. The zero-order chi connectivity index (χ0) is 52.1. The number of allylic oxidation sites excluding steroid dienone is 2. The van der Waals surface area contributed by atoms with Gasteiger partial charge in [0.1, 0.15) is 6.61 Å². The molecular formula is C61H118NO8P. The van der Waals surface area contributed by atoms with Gasteiger partial charge in [-0.15, -0.1) is 0 Å². The molecule has 1 aliphatic rings. The highest BCUT2D eigenvalue weighted by Crippen LogP contribution is 2.44. The molecule has 0 radical (unpaired) electrons. The molecule has 71 heavy (non-hydrogen) atoms. The third-order valence-corrected chi connectivity index (χ3v) is 16.4. The molecule has 0 saturated heterocycles. The number of ether oxygens (including phenoxy) is 2. The first-order valence-corrected chi connectivity index (χ1v) is 32.2. The van der Waals surface area contributed by atoms with Gasteiger partial charge in [-0.2, -0.15) is 0 Å². The zero-order valence-electron chi connectivity index (χ0n) is 48.0. The first kappa shape index (κ1) is 67.8. The van der Waals surface area contributed by atoms with Crippen LogP contribution in [0.4, 0.5) is 0 Å². The highest BCUT2D eigenvalue weighted by Gasteiger charge is 2.29. The molecule has 0 aromatic heterocycles. The molecule has 420 valence electrons. The van der Waals surface area contributed by atoms with Crippen LogP contribution >= 0.6 is 7.82 Å². The fraction of sp³-hybridized carbons (Fsp3) is 0.934. The number of hydrogen-bond acceptors (Lipinski definition) is 8.